The molecule has 114 valence electrons. The van der Waals surface area contributed by atoms with Crippen molar-refractivity contribution >= 4 is 22.1 Å². The number of hydrogen-bond donors (Lipinski definition) is 0. The molecule has 0 aliphatic rings. The predicted molar refractivity (Wildman–Crippen MR) is 93.4 cm³/mol. The van der Waals surface area contributed by atoms with Gasteiger partial charge in [-0.3, -0.25) is 0 Å². The summed E-state index contributed by atoms with van der Waals surface area (Å²) in [7, 11) is 0. The molecule has 0 N–H and O–H groups in total. The Bertz CT molecular complexity index is 995. The Morgan fingerprint density at radius 1 is 0.870 bits per heavy atom. The molecule has 3 heteroatoms. The van der Waals surface area contributed by atoms with Gasteiger partial charge in [-0.25, -0.2) is 9.97 Å². The fraction of sp³-hybridized carbons (Fsp3) is 0.200. The molecule has 2 aromatic carbocycles. The Morgan fingerprint density at radius 3 is 2.39 bits per heavy atom. The zero-order valence-corrected chi connectivity index (χ0v) is 13.5. The Balaban J connectivity index is 2.12. The van der Waals surface area contributed by atoms with E-state index in [4.69, 9.17) is 4.42 Å². The molecule has 2 heterocycles. The van der Waals surface area contributed by atoms with Gasteiger partial charge in [-0.15, -0.1) is 0 Å². The van der Waals surface area contributed by atoms with Gasteiger partial charge >= 0.3 is 0 Å². The zero-order valence-electron chi connectivity index (χ0n) is 13.5. The van der Waals surface area contributed by atoms with Crippen LogP contribution in [0.2, 0.25) is 0 Å². The molecule has 0 saturated carbocycles. The Morgan fingerprint density at radius 2 is 1.65 bits per heavy atom. The second-order valence-corrected chi connectivity index (χ2v) is 6.80. The second-order valence-electron chi connectivity index (χ2n) is 6.80. The zero-order chi connectivity index (χ0) is 16.0. The van der Waals surface area contributed by atoms with E-state index in [2.05, 4.69) is 36.8 Å². The van der Waals surface area contributed by atoms with Gasteiger partial charge in [-0.05, 0) is 17.0 Å². The summed E-state index contributed by atoms with van der Waals surface area (Å²) in [4.78, 5) is 8.98. The van der Waals surface area contributed by atoms with Crippen LogP contribution in [-0.2, 0) is 5.41 Å². The van der Waals surface area contributed by atoms with Crippen molar-refractivity contribution in [3.63, 3.8) is 0 Å². The number of hydrogen-bond acceptors (Lipinski definition) is 3. The molecular formula is C20H18N2O. The van der Waals surface area contributed by atoms with E-state index in [1.54, 1.807) is 6.33 Å². The van der Waals surface area contributed by atoms with Gasteiger partial charge in [0.15, 0.2) is 5.58 Å². The fourth-order valence-corrected chi connectivity index (χ4v) is 3.05. The average Bonchev–Trinajstić information content (AvgIpc) is 2.93. The summed E-state index contributed by atoms with van der Waals surface area (Å²) < 4.78 is 6.15. The third kappa shape index (κ3) is 2.20. The highest BCUT2D eigenvalue weighted by atomic mass is 16.3. The van der Waals surface area contributed by atoms with Crippen LogP contribution in [0, 0.1) is 0 Å². The second kappa shape index (κ2) is 4.92. The van der Waals surface area contributed by atoms with Crippen molar-refractivity contribution in [1.29, 1.82) is 0 Å². The molecule has 0 radical (unpaired) electrons. The maximum absolute atomic E-state index is 6.15. The molecule has 0 aliphatic heterocycles. The topological polar surface area (TPSA) is 38.9 Å². The van der Waals surface area contributed by atoms with Gasteiger partial charge in [0.05, 0.1) is 5.39 Å². The molecule has 23 heavy (non-hydrogen) atoms. The standard InChI is InChI=1S/C20H18N2O/c1-20(2,3)14-10-7-11-15-16(14)18-19(23-15)17(21-12-22-18)13-8-5-4-6-9-13/h4-12H,1-3H3. The number of nitrogens with zero attached hydrogens (tertiary/aromatic N) is 2. The SMILES string of the molecule is CC(C)(C)c1cccc2oc3c(-c4ccccc4)ncnc3c12. The monoisotopic (exact) mass is 302 g/mol. The Kier molecular flexibility index (Phi) is 2.98. The first-order chi connectivity index (χ1) is 11.1. The lowest BCUT2D eigenvalue weighted by molar-refractivity contribution is 0.594. The van der Waals surface area contributed by atoms with Crippen molar-refractivity contribution in [3.8, 4) is 11.3 Å². The van der Waals surface area contributed by atoms with Crippen LogP contribution in [0.25, 0.3) is 33.3 Å². The first-order valence-electron chi connectivity index (χ1n) is 7.78. The fourth-order valence-electron chi connectivity index (χ4n) is 3.05. The number of fused-ring (bicyclic) bond motifs is 3. The molecule has 0 bridgehead atoms. The quantitative estimate of drug-likeness (QED) is 0.476. The molecule has 0 amide bonds. The van der Waals surface area contributed by atoms with Crippen LogP contribution in [0.4, 0.5) is 0 Å². The summed E-state index contributed by atoms with van der Waals surface area (Å²) in [6, 6.07) is 16.3. The Labute approximate surface area is 135 Å². The van der Waals surface area contributed by atoms with Gasteiger partial charge in [0.1, 0.15) is 23.1 Å². The molecule has 4 rings (SSSR count). The smallest absolute Gasteiger partial charge is 0.180 e. The first-order valence-corrected chi connectivity index (χ1v) is 7.78. The molecule has 4 aromatic rings. The molecule has 2 aromatic heterocycles. The summed E-state index contributed by atoms with van der Waals surface area (Å²) in [6.45, 7) is 6.62. The van der Waals surface area contributed by atoms with Crippen LogP contribution in [0.5, 0.6) is 0 Å². The summed E-state index contributed by atoms with van der Waals surface area (Å²) in [5, 5.41) is 1.09. The predicted octanol–water partition coefficient (Wildman–Crippen LogP) is 5.34. The number of furan rings is 1. The third-order valence-electron chi connectivity index (χ3n) is 4.13. The number of aromatic nitrogens is 2. The summed E-state index contributed by atoms with van der Waals surface area (Å²) in [5.74, 6) is 0. The van der Waals surface area contributed by atoms with E-state index in [-0.39, 0.29) is 5.41 Å². The van der Waals surface area contributed by atoms with Crippen molar-refractivity contribution in [2.75, 3.05) is 0 Å². The van der Waals surface area contributed by atoms with Gasteiger partial charge in [-0.1, -0.05) is 63.2 Å². The number of rotatable bonds is 1. The molecule has 0 aliphatic carbocycles. The van der Waals surface area contributed by atoms with Crippen molar-refractivity contribution in [2.45, 2.75) is 26.2 Å². The summed E-state index contributed by atoms with van der Waals surface area (Å²) in [6.07, 6.45) is 1.62. The Hall–Kier alpha value is -2.68. The van der Waals surface area contributed by atoms with Crippen molar-refractivity contribution in [1.82, 2.24) is 9.97 Å². The lowest BCUT2D eigenvalue weighted by Gasteiger charge is -2.19. The van der Waals surface area contributed by atoms with Crippen molar-refractivity contribution < 1.29 is 4.42 Å². The van der Waals surface area contributed by atoms with E-state index in [1.807, 2.05) is 42.5 Å². The van der Waals surface area contributed by atoms with Gasteiger partial charge in [-0.2, -0.15) is 0 Å². The highest BCUT2D eigenvalue weighted by Crippen LogP contribution is 2.38. The van der Waals surface area contributed by atoms with Gasteiger partial charge in [0, 0.05) is 5.56 Å². The van der Waals surface area contributed by atoms with E-state index in [0.717, 1.165) is 33.3 Å². The molecular weight excluding hydrogens is 284 g/mol. The molecule has 0 unspecified atom stereocenters. The van der Waals surface area contributed by atoms with Crippen LogP contribution in [0.1, 0.15) is 26.3 Å². The maximum atomic E-state index is 6.15. The van der Waals surface area contributed by atoms with Crippen LogP contribution >= 0.6 is 0 Å². The maximum Gasteiger partial charge on any atom is 0.180 e. The van der Waals surface area contributed by atoms with E-state index < -0.39 is 0 Å². The lowest BCUT2D eigenvalue weighted by Crippen LogP contribution is -2.11. The highest BCUT2D eigenvalue weighted by molar-refractivity contribution is 6.08. The molecule has 0 fully saturated rings. The summed E-state index contributed by atoms with van der Waals surface area (Å²) in [5.41, 5.74) is 5.65. The average molecular weight is 302 g/mol. The number of benzene rings is 2. The van der Waals surface area contributed by atoms with E-state index in [9.17, 15) is 0 Å². The van der Waals surface area contributed by atoms with Crippen LogP contribution in [0.15, 0.2) is 59.3 Å². The molecule has 0 spiro atoms. The normalized spacial score (nSPS) is 12.1. The lowest BCUT2D eigenvalue weighted by atomic mass is 9.84. The van der Waals surface area contributed by atoms with Crippen molar-refractivity contribution in [3.05, 3.63) is 60.4 Å². The van der Waals surface area contributed by atoms with E-state index >= 15 is 0 Å². The van der Waals surface area contributed by atoms with Gasteiger partial charge in [0.25, 0.3) is 0 Å². The minimum atomic E-state index is 0.0220. The minimum absolute atomic E-state index is 0.0220. The van der Waals surface area contributed by atoms with Crippen molar-refractivity contribution in [2.24, 2.45) is 0 Å². The largest absolute Gasteiger partial charge is 0.452 e. The molecule has 0 saturated heterocycles. The summed E-state index contributed by atoms with van der Waals surface area (Å²) >= 11 is 0. The third-order valence-corrected chi connectivity index (χ3v) is 4.13. The van der Waals surface area contributed by atoms with Crippen LogP contribution < -0.4 is 0 Å². The molecule has 0 atom stereocenters. The highest BCUT2D eigenvalue weighted by Gasteiger charge is 2.22. The first kappa shape index (κ1) is 13.9. The van der Waals surface area contributed by atoms with Crippen LogP contribution in [-0.4, -0.2) is 9.97 Å². The van der Waals surface area contributed by atoms with E-state index in [0.29, 0.717) is 0 Å². The molecule has 3 nitrogen and oxygen atoms in total. The minimum Gasteiger partial charge on any atom is -0.452 e. The van der Waals surface area contributed by atoms with Gasteiger partial charge in [0.2, 0.25) is 0 Å². The van der Waals surface area contributed by atoms with Gasteiger partial charge < -0.3 is 4.42 Å². The van der Waals surface area contributed by atoms with E-state index in [1.165, 1.54) is 5.56 Å². The van der Waals surface area contributed by atoms with Crippen LogP contribution in [0.3, 0.4) is 0 Å².